The lowest BCUT2D eigenvalue weighted by Gasteiger charge is -2.30. The molecular weight excluding hydrogens is 314 g/mol. The molecule has 0 radical (unpaired) electrons. The number of nitrogens with one attached hydrogen (secondary N) is 1. The molecule has 0 aromatic heterocycles. The molecule has 0 bridgehead atoms. The highest BCUT2D eigenvalue weighted by molar-refractivity contribution is 5.96. The Morgan fingerprint density at radius 2 is 1.68 bits per heavy atom. The molecule has 2 aliphatic heterocycles. The molecule has 1 saturated carbocycles. The predicted molar refractivity (Wildman–Crippen MR) is 102 cm³/mol. The van der Waals surface area contributed by atoms with E-state index in [0.717, 1.165) is 57.9 Å². The van der Waals surface area contributed by atoms with Crippen LogP contribution in [0.15, 0.2) is 18.2 Å². The summed E-state index contributed by atoms with van der Waals surface area (Å²) in [5, 5.41) is 3.27. The van der Waals surface area contributed by atoms with Crippen LogP contribution in [0.4, 0.5) is 17.1 Å². The third-order valence-corrected chi connectivity index (χ3v) is 5.79. The van der Waals surface area contributed by atoms with Crippen molar-refractivity contribution in [2.75, 3.05) is 54.5 Å². The van der Waals surface area contributed by atoms with Gasteiger partial charge in [0, 0.05) is 37.8 Å². The number of benzene rings is 1. The molecule has 1 N–H and O–H groups in total. The van der Waals surface area contributed by atoms with Crippen molar-refractivity contribution in [3.8, 4) is 0 Å². The van der Waals surface area contributed by atoms with Crippen molar-refractivity contribution in [1.29, 1.82) is 0 Å². The molecule has 25 heavy (non-hydrogen) atoms. The standard InChI is InChI=1S/C20H29N3O2/c24-20(16-5-1-2-6-16)21-18-15-17(22-11-13-25-14-12-22)7-8-19(18)23-9-3-4-10-23/h7-8,15-16H,1-6,9-14H2,(H,21,24). The quantitative estimate of drug-likeness (QED) is 0.911. The molecule has 3 aliphatic rings. The summed E-state index contributed by atoms with van der Waals surface area (Å²) in [6.07, 6.45) is 6.92. The van der Waals surface area contributed by atoms with Crippen molar-refractivity contribution in [3.63, 3.8) is 0 Å². The number of rotatable bonds is 4. The Hall–Kier alpha value is -1.75. The van der Waals surface area contributed by atoms with Crippen molar-refractivity contribution >= 4 is 23.0 Å². The molecule has 4 rings (SSSR count). The fraction of sp³-hybridized carbons (Fsp3) is 0.650. The molecule has 5 heteroatoms. The molecule has 0 spiro atoms. The zero-order valence-corrected chi connectivity index (χ0v) is 15.0. The van der Waals surface area contributed by atoms with Crippen LogP contribution in [0.5, 0.6) is 0 Å². The second-order valence-corrected chi connectivity index (χ2v) is 7.47. The first-order valence-corrected chi connectivity index (χ1v) is 9.84. The summed E-state index contributed by atoms with van der Waals surface area (Å²) >= 11 is 0. The van der Waals surface area contributed by atoms with Gasteiger partial charge in [-0.15, -0.1) is 0 Å². The molecule has 2 heterocycles. The van der Waals surface area contributed by atoms with Crippen LogP contribution in [0, 0.1) is 5.92 Å². The molecule has 1 aliphatic carbocycles. The maximum absolute atomic E-state index is 12.7. The van der Waals surface area contributed by atoms with Gasteiger partial charge in [0.25, 0.3) is 0 Å². The lowest BCUT2D eigenvalue weighted by atomic mass is 10.1. The van der Waals surface area contributed by atoms with E-state index in [4.69, 9.17) is 4.74 Å². The van der Waals surface area contributed by atoms with Gasteiger partial charge in [-0.3, -0.25) is 4.79 Å². The van der Waals surface area contributed by atoms with E-state index in [1.54, 1.807) is 0 Å². The molecule has 2 saturated heterocycles. The van der Waals surface area contributed by atoms with Crippen molar-refractivity contribution < 1.29 is 9.53 Å². The third-order valence-electron chi connectivity index (χ3n) is 5.79. The second-order valence-electron chi connectivity index (χ2n) is 7.47. The van der Waals surface area contributed by atoms with Crippen LogP contribution in [-0.2, 0) is 9.53 Å². The minimum Gasteiger partial charge on any atom is -0.378 e. The number of hydrogen-bond acceptors (Lipinski definition) is 4. The van der Waals surface area contributed by atoms with Gasteiger partial charge in [-0.2, -0.15) is 0 Å². The van der Waals surface area contributed by atoms with Gasteiger partial charge >= 0.3 is 0 Å². The topological polar surface area (TPSA) is 44.8 Å². The molecule has 1 amide bonds. The van der Waals surface area contributed by atoms with Crippen molar-refractivity contribution in [3.05, 3.63) is 18.2 Å². The van der Waals surface area contributed by atoms with Crippen LogP contribution in [-0.4, -0.2) is 45.3 Å². The average Bonchev–Trinajstić information content (AvgIpc) is 3.36. The fourth-order valence-corrected chi connectivity index (χ4v) is 4.30. The Bertz CT molecular complexity index is 601. The normalized spacial score (nSPS) is 21.8. The Kier molecular flexibility index (Phi) is 5.11. The van der Waals surface area contributed by atoms with Crippen molar-refractivity contribution in [2.45, 2.75) is 38.5 Å². The first kappa shape index (κ1) is 16.7. The highest BCUT2D eigenvalue weighted by Gasteiger charge is 2.25. The van der Waals surface area contributed by atoms with Gasteiger partial charge in [0.1, 0.15) is 0 Å². The Morgan fingerprint density at radius 3 is 2.40 bits per heavy atom. The van der Waals surface area contributed by atoms with Gasteiger partial charge < -0.3 is 19.9 Å². The lowest BCUT2D eigenvalue weighted by Crippen LogP contribution is -2.36. The van der Waals surface area contributed by atoms with E-state index >= 15 is 0 Å². The van der Waals surface area contributed by atoms with Crippen LogP contribution >= 0.6 is 0 Å². The van der Waals surface area contributed by atoms with Gasteiger partial charge in [0.05, 0.1) is 24.6 Å². The fourth-order valence-electron chi connectivity index (χ4n) is 4.30. The van der Waals surface area contributed by atoms with E-state index in [0.29, 0.717) is 0 Å². The predicted octanol–water partition coefficient (Wildman–Crippen LogP) is 3.25. The Balaban J connectivity index is 1.58. The van der Waals surface area contributed by atoms with Crippen LogP contribution in [0.3, 0.4) is 0 Å². The first-order chi connectivity index (χ1) is 12.3. The van der Waals surface area contributed by atoms with E-state index < -0.39 is 0 Å². The molecular formula is C20H29N3O2. The van der Waals surface area contributed by atoms with Gasteiger partial charge in [0.2, 0.25) is 5.91 Å². The summed E-state index contributed by atoms with van der Waals surface area (Å²) in [5.74, 6) is 0.399. The monoisotopic (exact) mass is 343 g/mol. The molecule has 136 valence electrons. The highest BCUT2D eigenvalue weighted by atomic mass is 16.5. The van der Waals surface area contributed by atoms with Gasteiger partial charge in [-0.25, -0.2) is 0 Å². The smallest absolute Gasteiger partial charge is 0.227 e. The molecule has 1 aromatic carbocycles. The van der Waals surface area contributed by atoms with Crippen LogP contribution in [0.1, 0.15) is 38.5 Å². The highest BCUT2D eigenvalue weighted by Crippen LogP contribution is 2.34. The van der Waals surface area contributed by atoms with Crippen molar-refractivity contribution in [1.82, 2.24) is 0 Å². The summed E-state index contributed by atoms with van der Waals surface area (Å²) in [6, 6.07) is 6.57. The molecule has 1 aromatic rings. The number of carbonyl (C=O) groups is 1. The van der Waals surface area contributed by atoms with Crippen molar-refractivity contribution in [2.24, 2.45) is 5.92 Å². The second kappa shape index (κ2) is 7.65. The first-order valence-electron chi connectivity index (χ1n) is 9.84. The number of hydrogen-bond donors (Lipinski definition) is 1. The van der Waals surface area contributed by atoms with E-state index in [-0.39, 0.29) is 11.8 Å². The molecule has 3 fully saturated rings. The van der Waals surface area contributed by atoms with E-state index in [2.05, 4.69) is 33.3 Å². The molecule has 0 unspecified atom stereocenters. The third kappa shape index (κ3) is 3.76. The minimum absolute atomic E-state index is 0.193. The molecule has 5 nitrogen and oxygen atoms in total. The van der Waals surface area contributed by atoms with Gasteiger partial charge in [0.15, 0.2) is 0 Å². The zero-order chi connectivity index (χ0) is 17.1. The van der Waals surface area contributed by atoms with Crippen LogP contribution in [0.2, 0.25) is 0 Å². The maximum atomic E-state index is 12.7. The summed E-state index contributed by atoms with van der Waals surface area (Å²) < 4.78 is 5.47. The van der Waals surface area contributed by atoms with E-state index in [9.17, 15) is 4.79 Å². The number of anilines is 3. The Labute approximate surface area is 150 Å². The number of nitrogens with zero attached hydrogens (tertiary/aromatic N) is 2. The van der Waals surface area contributed by atoms with Gasteiger partial charge in [-0.1, -0.05) is 12.8 Å². The van der Waals surface area contributed by atoms with Crippen LogP contribution < -0.4 is 15.1 Å². The number of amides is 1. The summed E-state index contributed by atoms with van der Waals surface area (Å²) in [5.41, 5.74) is 3.36. The maximum Gasteiger partial charge on any atom is 0.227 e. The van der Waals surface area contributed by atoms with E-state index in [1.807, 2.05) is 0 Å². The average molecular weight is 343 g/mol. The Morgan fingerprint density at radius 1 is 0.960 bits per heavy atom. The number of carbonyl (C=O) groups excluding carboxylic acids is 1. The van der Waals surface area contributed by atoms with Gasteiger partial charge in [-0.05, 0) is 43.9 Å². The molecule has 0 atom stereocenters. The number of morpholine rings is 1. The largest absolute Gasteiger partial charge is 0.378 e. The SMILES string of the molecule is O=C(Nc1cc(N2CCOCC2)ccc1N1CCCC1)C1CCCC1. The van der Waals surface area contributed by atoms with E-state index in [1.165, 1.54) is 37.1 Å². The summed E-state index contributed by atoms with van der Waals surface area (Å²) in [6.45, 7) is 5.56. The minimum atomic E-state index is 0.193. The van der Waals surface area contributed by atoms with Crippen LogP contribution in [0.25, 0.3) is 0 Å². The summed E-state index contributed by atoms with van der Waals surface area (Å²) in [4.78, 5) is 17.5. The number of ether oxygens (including phenoxy) is 1. The zero-order valence-electron chi connectivity index (χ0n) is 15.0. The lowest BCUT2D eigenvalue weighted by molar-refractivity contribution is -0.119. The summed E-state index contributed by atoms with van der Waals surface area (Å²) in [7, 11) is 0.